The highest BCUT2D eigenvalue weighted by atomic mass is 35.5. The van der Waals surface area contributed by atoms with Crippen molar-refractivity contribution in [1.29, 1.82) is 0 Å². The summed E-state index contributed by atoms with van der Waals surface area (Å²) in [5, 5.41) is 2.88. The molecule has 1 N–H and O–H groups in total. The van der Waals surface area contributed by atoms with Gasteiger partial charge in [-0.1, -0.05) is 67.1 Å². The number of anilines is 1. The Bertz CT molecular complexity index is 1370. The molecule has 0 heterocycles. The third-order valence-electron chi connectivity index (χ3n) is 6.90. The van der Waals surface area contributed by atoms with Gasteiger partial charge in [-0.15, -0.1) is 0 Å². The lowest BCUT2D eigenvalue weighted by Crippen LogP contribution is -2.54. The first kappa shape index (κ1) is 33.3. The van der Waals surface area contributed by atoms with E-state index in [0.29, 0.717) is 15.9 Å². The van der Waals surface area contributed by atoms with Crippen molar-refractivity contribution in [3.63, 3.8) is 0 Å². The van der Waals surface area contributed by atoms with Crippen molar-refractivity contribution in [1.82, 2.24) is 10.2 Å². The maximum atomic E-state index is 13.8. The zero-order valence-corrected chi connectivity index (χ0v) is 25.6. The first-order valence-corrected chi connectivity index (χ1v) is 16.0. The van der Waals surface area contributed by atoms with Crippen LogP contribution < -0.4 is 9.62 Å². The third kappa shape index (κ3) is 8.89. The van der Waals surface area contributed by atoms with Gasteiger partial charge in [0.1, 0.15) is 12.6 Å². The summed E-state index contributed by atoms with van der Waals surface area (Å²) in [6.45, 7) is 0.730. The Morgan fingerprint density at radius 3 is 2.20 bits per heavy atom. The molecule has 3 rings (SSSR count). The second kappa shape index (κ2) is 13.8. The second-order valence-electron chi connectivity index (χ2n) is 9.97. The molecule has 2 amide bonds. The number of halogens is 6. The monoisotopic (exact) mass is 655 g/mol. The van der Waals surface area contributed by atoms with Gasteiger partial charge >= 0.3 is 6.18 Å². The summed E-state index contributed by atoms with van der Waals surface area (Å²) < 4.78 is 66.6. The Morgan fingerprint density at radius 2 is 1.63 bits per heavy atom. The smallest absolute Gasteiger partial charge is 0.352 e. The summed E-state index contributed by atoms with van der Waals surface area (Å²) in [6.07, 6.45) is 0.752. The summed E-state index contributed by atoms with van der Waals surface area (Å²) in [5.74, 6) is -1.19. The maximum Gasteiger partial charge on any atom is 0.417 e. The van der Waals surface area contributed by atoms with Gasteiger partial charge in [-0.3, -0.25) is 13.9 Å². The Hall–Kier alpha value is -2.21. The van der Waals surface area contributed by atoms with Crippen molar-refractivity contribution < 1.29 is 31.2 Å². The summed E-state index contributed by atoms with van der Waals surface area (Å²) in [4.78, 5) is 28.4. The van der Waals surface area contributed by atoms with Crippen LogP contribution in [-0.2, 0) is 32.3 Å². The molecule has 226 valence electrons. The second-order valence-corrected chi connectivity index (χ2v) is 13.1. The molecule has 0 aliphatic heterocycles. The van der Waals surface area contributed by atoms with Gasteiger partial charge in [-0.2, -0.15) is 13.2 Å². The fraction of sp³-hybridized carbons (Fsp3) is 0.481. The quantitative estimate of drug-likeness (QED) is 0.309. The lowest BCUT2D eigenvalue weighted by atomic mass is 9.95. The average molecular weight is 657 g/mol. The molecule has 1 aliphatic rings. The Balaban J connectivity index is 1.99. The van der Waals surface area contributed by atoms with Crippen LogP contribution >= 0.6 is 34.8 Å². The van der Waals surface area contributed by atoms with E-state index in [1.807, 2.05) is 0 Å². The van der Waals surface area contributed by atoms with Gasteiger partial charge in [-0.05, 0) is 55.2 Å². The molecule has 0 spiro atoms. The van der Waals surface area contributed by atoms with Crippen LogP contribution in [-0.4, -0.2) is 50.0 Å². The average Bonchev–Trinajstić information content (AvgIpc) is 2.88. The molecule has 0 radical (unpaired) electrons. The van der Waals surface area contributed by atoms with E-state index in [0.717, 1.165) is 50.5 Å². The molecular weight excluding hydrogens is 626 g/mol. The number of hydrogen-bond donors (Lipinski definition) is 1. The molecule has 1 atom stereocenters. The molecule has 2 aromatic rings. The van der Waals surface area contributed by atoms with Crippen molar-refractivity contribution >= 4 is 62.3 Å². The fourth-order valence-electron chi connectivity index (χ4n) is 4.80. The van der Waals surface area contributed by atoms with E-state index in [2.05, 4.69) is 5.32 Å². The Kier molecular flexibility index (Phi) is 11.2. The Labute approximate surface area is 253 Å². The molecule has 41 heavy (non-hydrogen) atoms. The van der Waals surface area contributed by atoms with Gasteiger partial charge in [-0.25, -0.2) is 8.42 Å². The minimum atomic E-state index is -4.86. The molecule has 2 aromatic carbocycles. The zero-order chi connectivity index (χ0) is 30.5. The van der Waals surface area contributed by atoms with Crippen molar-refractivity contribution in [2.75, 3.05) is 17.1 Å². The molecule has 14 heteroatoms. The van der Waals surface area contributed by atoms with Crippen molar-refractivity contribution in [2.45, 2.75) is 70.3 Å². The van der Waals surface area contributed by atoms with Gasteiger partial charge in [0.05, 0.1) is 32.6 Å². The van der Waals surface area contributed by atoms with E-state index in [1.165, 1.54) is 17.0 Å². The van der Waals surface area contributed by atoms with Crippen LogP contribution in [0, 0.1) is 0 Å². The standard InChI is InChI=1S/C27H31Cl3F3N3O4S/c1-3-24(26(38)34-18-7-5-4-6-8-18)35(15-17-9-11-22(29)23(30)13-17)25(37)16-36(41(2,39)40)19-10-12-21(28)20(14-19)27(31,32)33/h9-14,18,24H,3-8,15-16H2,1-2H3,(H,34,38). The van der Waals surface area contributed by atoms with Crippen LogP contribution in [0.3, 0.4) is 0 Å². The maximum absolute atomic E-state index is 13.8. The molecule has 0 aromatic heterocycles. The molecule has 0 saturated heterocycles. The number of nitrogens with one attached hydrogen (secondary N) is 1. The van der Waals surface area contributed by atoms with E-state index in [4.69, 9.17) is 34.8 Å². The van der Waals surface area contributed by atoms with Gasteiger partial charge < -0.3 is 10.2 Å². The number of alkyl halides is 3. The molecule has 1 unspecified atom stereocenters. The van der Waals surface area contributed by atoms with Crippen LogP contribution in [0.5, 0.6) is 0 Å². The summed E-state index contributed by atoms with van der Waals surface area (Å²) >= 11 is 17.9. The van der Waals surface area contributed by atoms with Gasteiger partial charge in [0.25, 0.3) is 0 Å². The van der Waals surface area contributed by atoms with Crippen LogP contribution in [0.1, 0.15) is 56.6 Å². The highest BCUT2D eigenvalue weighted by Gasteiger charge is 2.36. The highest BCUT2D eigenvalue weighted by molar-refractivity contribution is 7.92. The topological polar surface area (TPSA) is 86.8 Å². The number of nitrogens with zero attached hydrogens (tertiary/aromatic N) is 2. The normalized spacial score (nSPS) is 15.3. The van der Waals surface area contributed by atoms with Crippen LogP contribution in [0.2, 0.25) is 15.1 Å². The third-order valence-corrected chi connectivity index (χ3v) is 9.11. The van der Waals surface area contributed by atoms with E-state index in [1.54, 1.807) is 13.0 Å². The molecule has 1 saturated carbocycles. The fourth-order valence-corrected chi connectivity index (χ4v) is 6.18. The number of benzene rings is 2. The lowest BCUT2D eigenvalue weighted by Gasteiger charge is -2.34. The highest BCUT2D eigenvalue weighted by Crippen LogP contribution is 2.37. The van der Waals surface area contributed by atoms with Gasteiger partial charge in [0.15, 0.2) is 0 Å². The molecule has 1 fully saturated rings. The molecule has 7 nitrogen and oxygen atoms in total. The van der Waals surface area contributed by atoms with Crippen molar-refractivity contribution in [3.8, 4) is 0 Å². The zero-order valence-electron chi connectivity index (χ0n) is 22.5. The Morgan fingerprint density at radius 1 is 1.00 bits per heavy atom. The number of sulfonamides is 1. The summed E-state index contributed by atoms with van der Waals surface area (Å²) in [7, 11) is -4.25. The predicted molar refractivity (Wildman–Crippen MR) is 155 cm³/mol. The molecular formula is C27H31Cl3F3N3O4S. The minimum absolute atomic E-state index is 0.0467. The minimum Gasteiger partial charge on any atom is -0.352 e. The van der Waals surface area contributed by atoms with Crippen molar-refractivity contribution in [2.24, 2.45) is 0 Å². The largest absolute Gasteiger partial charge is 0.417 e. The van der Waals surface area contributed by atoms with Crippen LogP contribution in [0.25, 0.3) is 0 Å². The molecule has 0 bridgehead atoms. The number of carbonyl (C=O) groups is 2. The van der Waals surface area contributed by atoms with Crippen LogP contribution in [0.15, 0.2) is 36.4 Å². The van der Waals surface area contributed by atoms with Gasteiger partial charge in [0, 0.05) is 12.6 Å². The van der Waals surface area contributed by atoms with E-state index in [9.17, 15) is 31.2 Å². The van der Waals surface area contributed by atoms with Crippen molar-refractivity contribution in [3.05, 3.63) is 62.6 Å². The molecule has 1 aliphatic carbocycles. The van der Waals surface area contributed by atoms with E-state index in [-0.39, 0.29) is 29.1 Å². The number of rotatable bonds is 10. The van der Waals surface area contributed by atoms with E-state index >= 15 is 0 Å². The van der Waals surface area contributed by atoms with Crippen LogP contribution in [0.4, 0.5) is 18.9 Å². The summed E-state index contributed by atoms with van der Waals surface area (Å²) in [6, 6.07) is 6.21. The van der Waals surface area contributed by atoms with E-state index < -0.39 is 56.9 Å². The first-order chi connectivity index (χ1) is 19.1. The number of hydrogen-bond acceptors (Lipinski definition) is 4. The van der Waals surface area contributed by atoms with Gasteiger partial charge in [0.2, 0.25) is 21.8 Å². The number of carbonyl (C=O) groups excluding carboxylic acids is 2. The lowest BCUT2D eigenvalue weighted by molar-refractivity contribution is -0.140. The number of amides is 2. The SMILES string of the molecule is CCC(C(=O)NC1CCCCC1)N(Cc1ccc(Cl)c(Cl)c1)C(=O)CN(c1ccc(Cl)c(C(F)(F)F)c1)S(C)(=O)=O. The summed E-state index contributed by atoms with van der Waals surface area (Å²) in [5.41, 5.74) is -1.12. The predicted octanol–water partition coefficient (Wildman–Crippen LogP) is 6.69. The first-order valence-electron chi connectivity index (χ1n) is 13.0.